The Bertz CT molecular complexity index is 653. The minimum atomic E-state index is 0.416. The lowest BCUT2D eigenvalue weighted by molar-refractivity contribution is 0.731. The summed E-state index contributed by atoms with van der Waals surface area (Å²) >= 11 is 18.0. The Morgan fingerprint density at radius 1 is 1.20 bits per heavy atom. The molecule has 20 heavy (non-hydrogen) atoms. The lowest BCUT2D eigenvalue weighted by atomic mass is 10.2. The summed E-state index contributed by atoms with van der Waals surface area (Å²) in [4.78, 5) is 0. The van der Waals surface area contributed by atoms with E-state index < -0.39 is 0 Å². The van der Waals surface area contributed by atoms with Crippen LogP contribution in [0.2, 0.25) is 15.1 Å². The molecule has 0 amide bonds. The summed E-state index contributed by atoms with van der Waals surface area (Å²) in [5, 5.41) is 9.78. The van der Waals surface area contributed by atoms with E-state index in [1.165, 1.54) is 0 Å². The zero-order chi connectivity index (χ0) is 14.9. The molecule has 0 saturated carbocycles. The molecule has 1 aromatic heterocycles. The molecule has 0 atom stereocenters. The van der Waals surface area contributed by atoms with Gasteiger partial charge in [-0.05, 0) is 26.0 Å². The van der Waals surface area contributed by atoms with Crippen molar-refractivity contribution in [2.75, 3.05) is 5.43 Å². The third kappa shape index (κ3) is 3.08. The molecule has 1 heterocycles. The summed E-state index contributed by atoms with van der Waals surface area (Å²) < 4.78 is 1.80. The Hall–Kier alpha value is -1.23. The topological polar surface area (TPSA) is 42.2 Å². The van der Waals surface area contributed by atoms with E-state index in [4.69, 9.17) is 34.8 Å². The van der Waals surface area contributed by atoms with Gasteiger partial charge in [-0.25, -0.2) is 0 Å². The summed E-state index contributed by atoms with van der Waals surface area (Å²) in [6.45, 7) is 3.90. The van der Waals surface area contributed by atoms with E-state index in [0.717, 1.165) is 17.0 Å². The van der Waals surface area contributed by atoms with Crippen LogP contribution in [0.15, 0.2) is 17.2 Å². The van der Waals surface area contributed by atoms with Crippen LogP contribution in [0.1, 0.15) is 17.0 Å². The van der Waals surface area contributed by atoms with E-state index in [0.29, 0.717) is 20.8 Å². The second-order valence-corrected chi connectivity index (χ2v) is 5.57. The number of hydrogen-bond acceptors (Lipinski definition) is 3. The van der Waals surface area contributed by atoms with Crippen molar-refractivity contribution >= 4 is 46.7 Å². The van der Waals surface area contributed by atoms with Gasteiger partial charge < -0.3 is 0 Å². The predicted octanol–water partition coefficient (Wildman–Crippen LogP) is 4.44. The zero-order valence-electron chi connectivity index (χ0n) is 11.2. The molecular weight excluding hydrogens is 319 g/mol. The van der Waals surface area contributed by atoms with Gasteiger partial charge in [0, 0.05) is 23.3 Å². The number of hydrogen-bond donors (Lipinski definition) is 1. The summed E-state index contributed by atoms with van der Waals surface area (Å²) in [5.41, 5.74) is 6.25. The fraction of sp³-hybridized carbons (Fsp3) is 0.231. The lowest BCUT2D eigenvalue weighted by Gasteiger charge is -2.06. The number of rotatable bonds is 3. The van der Waals surface area contributed by atoms with Gasteiger partial charge >= 0.3 is 0 Å². The van der Waals surface area contributed by atoms with Crippen molar-refractivity contribution in [3.05, 3.63) is 44.2 Å². The van der Waals surface area contributed by atoms with Gasteiger partial charge in [0.25, 0.3) is 0 Å². The minimum Gasteiger partial charge on any atom is -0.275 e. The maximum atomic E-state index is 6.06. The summed E-state index contributed by atoms with van der Waals surface area (Å²) in [5.74, 6) is 0. The molecule has 1 aromatic carbocycles. The van der Waals surface area contributed by atoms with E-state index in [9.17, 15) is 0 Å². The van der Waals surface area contributed by atoms with Crippen molar-refractivity contribution in [1.82, 2.24) is 9.78 Å². The van der Waals surface area contributed by atoms with Crippen LogP contribution in [0.4, 0.5) is 5.69 Å². The fourth-order valence-electron chi connectivity index (χ4n) is 1.79. The fourth-order valence-corrected chi connectivity index (χ4v) is 2.69. The van der Waals surface area contributed by atoms with E-state index in [-0.39, 0.29) is 0 Å². The highest BCUT2D eigenvalue weighted by Gasteiger charge is 2.08. The van der Waals surface area contributed by atoms with Crippen molar-refractivity contribution in [1.29, 1.82) is 0 Å². The Morgan fingerprint density at radius 3 is 2.30 bits per heavy atom. The van der Waals surface area contributed by atoms with Gasteiger partial charge in [-0.2, -0.15) is 10.2 Å². The Morgan fingerprint density at radius 2 is 1.80 bits per heavy atom. The maximum Gasteiger partial charge on any atom is 0.0935 e. The summed E-state index contributed by atoms with van der Waals surface area (Å²) in [6, 6.07) is 3.21. The first-order chi connectivity index (χ1) is 9.40. The number of anilines is 1. The molecule has 0 aliphatic rings. The maximum absolute atomic E-state index is 6.06. The van der Waals surface area contributed by atoms with Gasteiger partial charge in [0.1, 0.15) is 0 Å². The molecule has 2 rings (SSSR count). The number of aryl methyl sites for hydroxylation is 2. The Labute approximate surface area is 132 Å². The molecule has 0 radical (unpaired) electrons. The van der Waals surface area contributed by atoms with Gasteiger partial charge in [-0.15, -0.1) is 0 Å². The van der Waals surface area contributed by atoms with Crippen LogP contribution in [0.5, 0.6) is 0 Å². The van der Waals surface area contributed by atoms with Crippen molar-refractivity contribution in [2.45, 2.75) is 13.8 Å². The second kappa shape index (κ2) is 6.04. The second-order valence-electron chi connectivity index (χ2n) is 4.32. The molecule has 1 N–H and O–H groups in total. The average molecular weight is 332 g/mol. The highest BCUT2D eigenvalue weighted by Crippen LogP contribution is 2.33. The van der Waals surface area contributed by atoms with Crippen LogP contribution in [0.3, 0.4) is 0 Å². The van der Waals surface area contributed by atoms with Crippen molar-refractivity contribution in [2.24, 2.45) is 12.1 Å². The molecule has 0 bridgehead atoms. The van der Waals surface area contributed by atoms with Gasteiger partial charge in [0.2, 0.25) is 0 Å². The van der Waals surface area contributed by atoms with E-state index >= 15 is 0 Å². The smallest absolute Gasteiger partial charge is 0.0935 e. The molecule has 0 aliphatic carbocycles. The van der Waals surface area contributed by atoms with Crippen molar-refractivity contribution < 1.29 is 0 Å². The van der Waals surface area contributed by atoms with E-state index in [2.05, 4.69) is 15.6 Å². The first-order valence-electron chi connectivity index (χ1n) is 5.84. The van der Waals surface area contributed by atoms with Crippen LogP contribution in [-0.4, -0.2) is 16.0 Å². The highest BCUT2D eigenvalue weighted by atomic mass is 35.5. The van der Waals surface area contributed by atoms with Crippen LogP contribution in [-0.2, 0) is 7.05 Å². The van der Waals surface area contributed by atoms with E-state index in [1.807, 2.05) is 20.9 Å². The molecule has 106 valence electrons. The first-order valence-corrected chi connectivity index (χ1v) is 6.97. The number of hydrazone groups is 1. The largest absolute Gasteiger partial charge is 0.275 e. The third-order valence-corrected chi connectivity index (χ3v) is 3.76. The molecule has 7 heteroatoms. The lowest BCUT2D eigenvalue weighted by Crippen LogP contribution is -1.96. The molecule has 2 aromatic rings. The molecule has 0 saturated heterocycles. The van der Waals surface area contributed by atoms with Crippen molar-refractivity contribution in [3.63, 3.8) is 0 Å². The molecule has 4 nitrogen and oxygen atoms in total. The third-order valence-electron chi connectivity index (χ3n) is 2.94. The average Bonchev–Trinajstić information content (AvgIpc) is 2.58. The zero-order valence-corrected chi connectivity index (χ0v) is 13.5. The molecule has 0 aliphatic heterocycles. The summed E-state index contributed by atoms with van der Waals surface area (Å²) in [6.07, 6.45) is 1.69. The first kappa shape index (κ1) is 15.2. The van der Waals surface area contributed by atoms with Gasteiger partial charge in [0.05, 0.1) is 27.6 Å². The SMILES string of the molecule is Cc1nn(C)c(C)c1/C=N\Nc1c(Cl)cc(Cl)cc1Cl. The highest BCUT2D eigenvalue weighted by molar-refractivity contribution is 6.41. The summed E-state index contributed by atoms with van der Waals surface area (Å²) in [7, 11) is 1.89. The number of nitrogens with one attached hydrogen (secondary N) is 1. The standard InChI is InChI=1S/C13H13Cl3N4/c1-7-10(8(2)20(3)19-7)6-17-18-13-11(15)4-9(14)5-12(13)16/h4-6,18H,1-3H3/b17-6-. The van der Waals surface area contributed by atoms with Gasteiger partial charge in [0.15, 0.2) is 0 Å². The van der Waals surface area contributed by atoms with Crippen LogP contribution >= 0.6 is 34.8 Å². The molecule has 0 fully saturated rings. The molecule has 0 spiro atoms. The Balaban J connectivity index is 2.23. The van der Waals surface area contributed by atoms with Gasteiger partial charge in [-0.1, -0.05) is 34.8 Å². The van der Waals surface area contributed by atoms with Crippen LogP contribution in [0, 0.1) is 13.8 Å². The van der Waals surface area contributed by atoms with E-state index in [1.54, 1.807) is 23.0 Å². The quantitative estimate of drug-likeness (QED) is 0.667. The number of nitrogens with zero attached hydrogens (tertiary/aromatic N) is 3. The molecule has 0 unspecified atom stereocenters. The normalized spacial score (nSPS) is 11.3. The molecular formula is C13H13Cl3N4. The Kier molecular flexibility index (Phi) is 4.58. The number of halogens is 3. The van der Waals surface area contributed by atoms with Crippen molar-refractivity contribution in [3.8, 4) is 0 Å². The predicted molar refractivity (Wildman–Crippen MR) is 85.4 cm³/mol. The monoisotopic (exact) mass is 330 g/mol. The minimum absolute atomic E-state index is 0.416. The van der Waals surface area contributed by atoms with Crippen LogP contribution in [0.25, 0.3) is 0 Å². The number of benzene rings is 1. The van der Waals surface area contributed by atoms with Gasteiger partial charge in [-0.3, -0.25) is 10.1 Å². The number of aromatic nitrogens is 2. The van der Waals surface area contributed by atoms with Crippen LogP contribution < -0.4 is 5.43 Å².